The molecule has 0 radical (unpaired) electrons. The summed E-state index contributed by atoms with van der Waals surface area (Å²) in [5.41, 5.74) is 5.91. The minimum atomic E-state index is -0.249. The van der Waals surface area contributed by atoms with Gasteiger partial charge in [-0.3, -0.25) is 0 Å². The SMILES string of the molecule is CC(C)(N)C(C)(C)C(C)(C)n1ccnc1. The highest BCUT2D eigenvalue weighted by Crippen LogP contribution is 2.43. The Labute approximate surface area is 92.7 Å². The van der Waals surface area contributed by atoms with Crippen molar-refractivity contribution in [2.75, 3.05) is 0 Å². The van der Waals surface area contributed by atoms with E-state index in [0.717, 1.165) is 0 Å². The summed E-state index contributed by atoms with van der Waals surface area (Å²) in [5.74, 6) is 0. The average molecular weight is 209 g/mol. The fraction of sp³-hybridized carbons (Fsp3) is 0.750. The van der Waals surface area contributed by atoms with E-state index < -0.39 is 0 Å². The lowest BCUT2D eigenvalue weighted by Crippen LogP contribution is -2.58. The molecule has 0 aliphatic heterocycles. The summed E-state index contributed by atoms with van der Waals surface area (Å²) in [4.78, 5) is 4.11. The molecule has 2 N–H and O–H groups in total. The van der Waals surface area contributed by atoms with Gasteiger partial charge in [0.1, 0.15) is 0 Å². The summed E-state index contributed by atoms with van der Waals surface area (Å²) in [5, 5.41) is 0. The standard InChI is InChI=1S/C12H23N3/c1-10(2,11(3,4)13)12(5,6)15-8-7-14-9-15/h7-9H,13H2,1-6H3. The Balaban J connectivity index is 3.17. The fourth-order valence-electron chi connectivity index (χ4n) is 1.70. The van der Waals surface area contributed by atoms with Gasteiger partial charge in [-0.1, -0.05) is 13.8 Å². The van der Waals surface area contributed by atoms with E-state index in [2.05, 4.69) is 51.1 Å². The van der Waals surface area contributed by atoms with Gasteiger partial charge in [-0.25, -0.2) is 4.98 Å². The lowest BCUT2D eigenvalue weighted by atomic mass is 9.63. The molecule has 0 unspecified atom stereocenters. The second-order valence-corrected chi connectivity index (χ2v) is 5.88. The molecule has 0 spiro atoms. The van der Waals surface area contributed by atoms with E-state index in [0.29, 0.717) is 0 Å². The Morgan fingerprint density at radius 3 is 1.93 bits per heavy atom. The zero-order valence-electron chi connectivity index (χ0n) is 10.7. The van der Waals surface area contributed by atoms with Gasteiger partial charge < -0.3 is 10.3 Å². The summed E-state index contributed by atoms with van der Waals surface area (Å²) >= 11 is 0. The van der Waals surface area contributed by atoms with Crippen molar-refractivity contribution >= 4 is 0 Å². The van der Waals surface area contributed by atoms with Crippen LogP contribution in [0.2, 0.25) is 0 Å². The van der Waals surface area contributed by atoms with E-state index in [4.69, 9.17) is 5.73 Å². The highest BCUT2D eigenvalue weighted by molar-refractivity contribution is 5.04. The monoisotopic (exact) mass is 209 g/mol. The van der Waals surface area contributed by atoms with Gasteiger partial charge >= 0.3 is 0 Å². The van der Waals surface area contributed by atoms with Crippen molar-refractivity contribution in [2.45, 2.75) is 52.6 Å². The predicted molar refractivity (Wildman–Crippen MR) is 63.6 cm³/mol. The van der Waals surface area contributed by atoms with Gasteiger partial charge in [-0.05, 0) is 27.7 Å². The smallest absolute Gasteiger partial charge is 0.0951 e. The van der Waals surface area contributed by atoms with Gasteiger partial charge in [0, 0.05) is 28.9 Å². The third kappa shape index (κ3) is 1.81. The van der Waals surface area contributed by atoms with Crippen LogP contribution < -0.4 is 5.73 Å². The molecule has 0 saturated carbocycles. The maximum Gasteiger partial charge on any atom is 0.0951 e. The zero-order valence-corrected chi connectivity index (χ0v) is 10.7. The van der Waals surface area contributed by atoms with Gasteiger partial charge in [0.25, 0.3) is 0 Å². The Morgan fingerprint density at radius 2 is 1.60 bits per heavy atom. The third-order valence-electron chi connectivity index (χ3n) is 4.29. The van der Waals surface area contributed by atoms with Crippen LogP contribution in [0.3, 0.4) is 0 Å². The summed E-state index contributed by atoms with van der Waals surface area (Å²) in [6.45, 7) is 12.9. The van der Waals surface area contributed by atoms with Crippen LogP contribution in [-0.2, 0) is 5.54 Å². The van der Waals surface area contributed by atoms with Crippen molar-refractivity contribution in [2.24, 2.45) is 11.1 Å². The molecule has 0 atom stereocenters. The molecule has 1 aromatic heterocycles. The topological polar surface area (TPSA) is 43.8 Å². The number of imidazole rings is 1. The van der Waals surface area contributed by atoms with Crippen LogP contribution in [0, 0.1) is 5.41 Å². The first-order valence-corrected chi connectivity index (χ1v) is 5.38. The zero-order chi connectivity index (χ0) is 11.9. The van der Waals surface area contributed by atoms with Crippen LogP contribution in [0.25, 0.3) is 0 Å². The number of nitrogens with zero attached hydrogens (tertiary/aromatic N) is 2. The van der Waals surface area contributed by atoms with Crippen molar-refractivity contribution < 1.29 is 0 Å². The van der Waals surface area contributed by atoms with E-state index in [9.17, 15) is 0 Å². The van der Waals surface area contributed by atoms with E-state index in [-0.39, 0.29) is 16.5 Å². The maximum absolute atomic E-state index is 6.27. The van der Waals surface area contributed by atoms with Gasteiger partial charge in [0.05, 0.1) is 6.33 Å². The molecule has 1 rings (SSSR count). The molecular formula is C12H23N3. The van der Waals surface area contributed by atoms with Crippen LogP contribution in [-0.4, -0.2) is 15.1 Å². The van der Waals surface area contributed by atoms with Gasteiger partial charge in [-0.2, -0.15) is 0 Å². The molecule has 86 valence electrons. The van der Waals surface area contributed by atoms with E-state index in [1.54, 1.807) is 6.20 Å². The van der Waals surface area contributed by atoms with E-state index >= 15 is 0 Å². The molecule has 3 nitrogen and oxygen atoms in total. The molecule has 0 aliphatic rings. The number of hydrogen-bond acceptors (Lipinski definition) is 2. The minimum absolute atomic E-state index is 0.0410. The Bertz CT molecular complexity index is 315. The molecule has 1 heterocycles. The van der Waals surface area contributed by atoms with Crippen LogP contribution in [0.5, 0.6) is 0 Å². The van der Waals surface area contributed by atoms with Crippen LogP contribution in [0.15, 0.2) is 18.7 Å². The normalized spacial score (nSPS) is 14.3. The van der Waals surface area contributed by atoms with Gasteiger partial charge in [0.2, 0.25) is 0 Å². The molecule has 0 saturated heterocycles. The molecule has 0 bridgehead atoms. The molecule has 0 amide bonds. The van der Waals surface area contributed by atoms with Crippen molar-refractivity contribution in [3.05, 3.63) is 18.7 Å². The molecular weight excluding hydrogens is 186 g/mol. The minimum Gasteiger partial charge on any atom is -0.331 e. The largest absolute Gasteiger partial charge is 0.331 e. The highest BCUT2D eigenvalue weighted by Gasteiger charge is 2.46. The summed E-state index contributed by atoms with van der Waals surface area (Å²) in [6, 6.07) is 0. The summed E-state index contributed by atoms with van der Waals surface area (Å²) in [7, 11) is 0. The lowest BCUT2D eigenvalue weighted by Gasteiger charge is -2.50. The quantitative estimate of drug-likeness (QED) is 0.830. The van der Waals surface area contributed by atoms with Crippen LogP contribution in [0.1, 0.15) is 41.5 Å². The Kier molecular flexibility index (Phi) is 2.72. The first-order chi connectivity index (χ1) is 6.61. The Hall–Kier alpha value is -0.830. The summed E-state index contributed by atoms with van der Waals surface area (Å²) in [6.07, 6.45) is 5.66. The second kappa shape index (κ2) is 3.34. The Morgan fingerprint density at radius 1 is 1.07 bits per heavy atom. The van der Waals surface area contributed by atoms with E-state index in [1.165, 1.54) is 0 Å². The van der Waals surface area contributed by atoms with Crippen LogP contribution in [0.4, 0.5) is 0 Å². The van der Waals surface area contributed by atoms with Crippen LogP contribution >= 0.6 is 0 Å². The fourth-order valence-corrected chi connectivity index (χ4v) is 1.70. The second-order valence-electron chi connectivity index (χ2n) is 5.88. The predicted octanol–water partition coefficient (Wildman–Crippen LogP) is 2.38. The van der Waals surface area contributed by atoms with Crippen molar-refractivity contribution in [3.63, 3.8) is 0 Å². The van der Waals surface area contributed by atoms with Crippen molar-refractivity contribution in [1.82, 2.24) is 9.55 Å². The van der Waals surface area contributed by atoms with E-state index in [1.807, 2.05) is 12.5 Å². The van der Waals surface area contributed by atoms with Crippen molar-refractivity contribution in [1.29, 1.82) is 0 Å². The first-order valence-electron chi connectivity index (χ1n) is 5.38. The third-order valence-corrected chi connectivity index (χ3v) is 4.29. The van der Waals surface area contributed by atoms with Crippen molar-refractivity contribution in [3.8, 4) is 0 Å². The highest BCUT2D eigenvalue weighted by atomic mass is 15.1. The van der Waals surface area contributed by atoms with Gasteiger partial charge in [-0.15, -0.1) is 0 Å². The number of aromatic nitrogens is 2. The average Bonchev–Trinajstić information content (AvgIpc) is 2.53. The lowest BCUT2D eigenvalue weighted by molar-refractivity contribution is 0.0443. The maximum atomic E-state index is 6.27. The van der Waals surface area contributed by atoms with Gasteiger partial charge in [0.15, 0.2) is 0 Å². The molecule has 0 aromatic carbocycles. The molecule has 0 fully saturated rings. The molecule has 1 aromatic rings. The molecule has 15 heavy (non-hydrogen) atoms. The molecule has 3 heteroatoms. The number of rotatable bonds is 3. The number of nitrogens with two attached hydrogens (primary N) is 1. The number of hydrogen-bond donors (Lipinski definition) is 1. The summed E-state index contributed by atoms with van der Waals surface area (Å²) < 4.78 is 2.13. The molecule has 0 aliphatic carbocycles. The first kappa shape index (κ1) is 12.2.